The number of nitrogens with zero attached hydrogens (tertiary/aromatic N) is 1. The summed E-state index contributed by atoms with van der Waals surface area (Å²) in [6.45, 7) is -0.205. The van der Waals surface area contributed by atoms with Gasteiger partial charge < -0.3 is 10.1 Å². The molecular weight excluding hydrogens is 312 g/mol. The van der Waals surface area contributed by atoms with Crippen molar-refractivity contribution in [1.82, 2.24) is 10.2 Å². The molecule has 0 saturated heterocycles. The number of hydrogen-bond donors (Lipinski definition) is 2. The van der Waals surface area contributed by atoms with Crippen molar-refractivity contribution < 1.29 is 9.53 Å². The molecule has 2 aromatic rings. The predicted octanol–water partition coefficient (Wildman–Crippen LogP) is 3.39. The first-order valence-corrected chi connectivity index (χ1v) is 6.25. The topological polar surface area (TPSA) is 67.0 Å². The molecule has 1 heterocycles. The van der Waals surface area contributed by atoms with E-state index in [0.29, 0.717) is 21.5 Å². The van der Waals surface area contributed by atoms with Crippen LogP contribution in [0.1, 0.15) is 0 Å². The number of benzene rings is 1. The van der Waals surface area contributed by atoms with Crippen LogP contribution in [0.5, 0.6) is 5.75 Å². The first-order chi connectivity index (χ1) is 9.06. The van der Waals surface area contributed by atoms with Crippen molar-refractivity contribution in [1.29, 1.82) is 0 Å². The van der Waals surface area contributed by atoms with Crippen molar-refractivity contribution in [3.8, 4) is 5.75 Å². The number of ether oxygens (including phenoxy) is 1. The SMILES string of the molecule is O=C(COc1cc(Cl)c(Cl)cc1Cl)Nc1cn[nH]c1. The Morgan fingerprint density at radius 1 is 1.26 bits per heavy atom. The molecule has 100 valence electrons. The summed E-state index contributed by atoms with van der Waals surface area (Å²) in [5, 5.41) is 9.75. The van der Waals surface area contributed by atoms with Gasteiger partial charge in [0.15, 0.2) is 6.61 Å². The third kappa shape index (κ3) is 3.76. The zero-order valence-corrected chi connectivity index (χ0v) is 11.7. The Kier molecular flexibility index (Phi) is 4.52. The minimum Gasteiger partial charge on any atom is -0.482 e. The van der Waals surface area contributed by atoms with Crippen LogP contribution in [0.3, 0.4) is 0 Å². The molecule has 0 saturated carbocycles. The molecule has 0 aliphatic heterocycles. The fourth-order valence-corrected chi connectivity index (χ4v) is 1.87. The number of anilines is 1. The van der Waals surface area contributed by atoms with E-state index in [2.05, 4.69) is 15.5 Å². The van der Waals surface area contributed by atoms with Gasteiger partial charge in [-0.1, -0.05) is 34.8 Å². The number of hydrogen-bond acceptors (Lipinski definition) is 3. The summed E-state index contributed by atoms with van der Waals surface area (Å²) >= 11 is 17.5. The number of carbonyl (C=O) groups excluding carboxylic acids is 1. The molecule has 0 unspecified atom stereocenters. The zero-order valence-electron chi connectivity index (χ0n) is 9.41. The highest BCUT2D eigenvalue weighted by atomic mass is 35.5. The van der Waals surface area contributed by atoms with Crippen molar-refractivity contribution in [2.24, 2.45) is 0 Å². The van der Waals surface area contributed by atoms with Gasteiger partial charge in [0.2, 0.25) is 0 Å². The normalized spacial score (nSPS) is 10.3. The second kappa shape index (κ2) is 6.14. The van der Waals surface area contributed by atoms with E-state index in [1.54, 1.807) is 6.20 Å². The largest absolute Gasteiger partial charge is 0.482 e. The van der Waals surface area contributed by atoms with E-state index in [-0.39, 0.29) is 17.5 Å². The Morgan fingerprint density at radius 2 is 2.00 bits per heavy atom. The molecular formula is C11H8Cl3N3O2. The second-order valence-corrected chi connectivity index (χ2v) is 4.74. The summed E-state index contributed by atoms with van der Waals surface area (Å²) in [6.07, 6.45) is 3.02. The molecule has 8 heteroatoms. The lowest BCUT2D eigenvalue weighted by Gasteiger charge is -2.09. The first kappa shape index (κ1) is 14.0. The zero-order chi connectivity index (χ0) is 13.8. The van der Waals surface area contributed by atoms with Crippen molar-refractivity contribution in [3.63, 3.8) is 0 Å². The van der Waals surface area contributed by atoms with Crippen molar-refractivity contribution in [3.05, 3.63) is 39.6 Å². The van der Waals surface area contributed by atoms with Gasteiger partial charge in [0.1, 0.15) is 5.75 Å². The van der Waals surface area contributed by atoms with Gasteiger partial charge in [-0.3, -0.25) is 9.89 Å². The summed E-state index contributed by atoms with van der Waals surface area (Å²) in [7, 11) is 0. The average molecular weight is 321 g/mol. The molecule has 2 rings (SSSR count). The quantitative estimate of drug-likeness (QED) is 0.849. The predicted molar refractivity (Wildman–Crippen MR) is 74.2 cm³/mol. The number of halogens is 3. The van der Waals surface area contributed by atoms with E-state index in [1.165, 1.54) is 18.3 Å². The molecule has 1 aromatic heterocycles. The number of aromatic amines is 1. The van der Waals surface area contributed by atoms with Crippen LogP contribution >= 0.6 is 34.8 Å². The van der Waals surface area contributed by atoms with E-state index in [4.69, 9.17) is 39.5 Å². The fourth-order valence-electron chi connectivity index (χ4n) is 1.27. The molecule has 1 amide bonds. The number of carbonyl (C=O) groups is 1. The number of rotatable bonds is 4. The average Bonchev–Trinajstić information content (AvgIpc) is 2.85. The van der Waals surface area contributed by atoms with Crippen LogP contribution in [0.15, 0.2) is 24.5 Å². The van der Waals surface area contributed by atoms with Gasteiger partial charge in [0.25, 0.3) is 5.91 Å². The van der Waals surface area contributed by atoms with E-state index >= 15 is 0 Å². The molecule has 2 N–H and O–H groups in total. The highest BCUT2D eigenvalue weighted by molar-refractivity contribution is 6.43. The minimum atomic E-state index is -0.344. The number of aromatic nitrogens is 2. The Labute approximate surface area is 123 Å². The van der Waals surface area contributed by atoms with E-state index in [9.17, 15) is 4.79 Å². The summed E-state index contributed by atoms with van der Waals surface area (Å²) in [4.78, 5) is 11.6. The molecule has 0 aliphatic carbocycles. The minimum absolute atomic E-state index is 0.205. The Balaban J connectivity index is 1.95. The summed E-state index contributed by atoms with van der Waals surface area (Å²) in [6, 6.07) is 2.91. The highest BCUT2D eigenvalue weighted by Crippen LogP contribution is 2.33. The van der Waals surface area contributed by atoms with Gasteiger partial charge in [0.05, 0.1) is 27.0 Å². The van der Waals surface area contributed by atoms with E-state index in [1.807, 2.05) is 0 Å². The van der Waals surface area contributed by atoms with Crippen LogP contribution in [0.2, 0.25) is 15.1 Å². The standard InChI is InChI=1S/C11H8Cl3N3O2/c12-7-1-9(14)10(2-8(7)13)19-5-11(18)17-6-3-15-16-4-6/h1-4H,5H2,(H,15,16)(H,17,18). The lowest BCUT2D eigenvalue weighted by atomic mass is 10.3. The Morgan fingerprint density at radius 3 is 2.68 bits per heavy atom. The summed E-state index contributed by atoms with van der Waals surface area (Å²) < 4.78 is 5.27. The fraction of sp³-hybridized carbons (Fsp3) is 0.0909. The summed E-state index contributed by atoms with van der Waals surface area (Å²) in [5.74, 6) is -0.0538. The number of amides is 1. The third-order valence-electron chi connectivity index (χ3n) is 2.12. The molecule has 0 spiro atoms. The molecule has 0 aliphatic rings. The molecule has 1 aromatic carbocycles. The smallest absolute Gasteiger partial charge is 0.262 e. The van der Waals surface area contributed by atoms with Crippen LogP contribution in [0.25, 0.3) is 0 Å². The van der Waals surface area contributed by atoms with Gasteiger partial charge >= 0.3 is 0 Å². The van der Waals surface area contributed by atoms with Crippen LogP contribution in [-0.4, -0.2) is 22.7 Å². The van der Waals surface area contributed by atoms with E-state index in [0.717, 1.165) is 0 Å². The maximum atomic E-state index is 11.6. The number of nitrogens with one attached hydrogen (secondary N) is 2. The first-order valence-electron chi connectivity index (χ1n) is 5.12. The van der Waals surface area contributed by atoms with Crippen molar-refractivity contribution in [2.45, 2.75) is 0 Å². The van der Waals surface area contributed by atoms with Crippen molar-refractivity contribution >= 4 is 46.4 Å². The van der Waals surface area contributed by atoms with Gasteiger partial charge in [-0.05, 0) is 6.07 Å². The maximum Gasteiger partial charge on any atom is 0.262 e. The second-order valence-electron chi connectivity index (χ2n) is 3.52. The lowest BCUT2D eigenvalue weighted by Crippen LogP contribution is -2.19. The van der Waals surface area contributed by atoms with Gasteiger partial charge in [-0.25, -0.2) is 0 Å². The van der Waals surface area contributed by atoms with Crippen LogP contribution < -0.4 is 10.1 Å². The highest BCUT2D eigenvalue weighted by Gasteiger charge is 2.09. The molecule has 0 bridgehead atoms. The third-order valence-corrected chi connectivity index (χ3v) is 3.13. The van der Waals surface area contributed by atoms with E-state index < -0.39 is 0 Å². The lowest BCUT2D eigenvalue weighted by molar-refractivity contribution is -0.118. The monoisotopic (exact) mass is 319 g/mol. The molecule has 0 fully saturated rings. The van der Waals surface area contributed by atoms with Crippen LogP contribution in [0.4, 0.5) is 5.69 Å². The van der Waals surface area contributed by atoms with Gasteiger partial charge in [-0.2, -0.15) is 5.10 Å². The number of H-pyrrole nitrogens is 1. The Bertz CT molecular complexity index is 587. The van der Waals surface area contributed by atoms with Gasteiger partial charge in [-0.15, -0.1) is 0 Å². The van der Waals surface area contributed by atoms with Gasteiger partial charge in [0, 0.05) is 12.3 Å². The van der Waals surface area contributed by atoms with Crippen LogP contribution in [0, 0.1) is 0 Å². The molecule has 5 nitrogen and oxygen atoms in total. The summed E-state index contributed by atoms with van der Waals surface area (Å²) in [5.41, 5.74) is 0.550. The molecule has 0 atom stereocenters. The van der Waals surface area contributed by atoms with Crippen LogP contribution in [-0.2, 0) is 4.79 Å². The maximum absolute atomic E-state index is 11.6. The van der Waals surface area contributed by atoms with Crippen molar-refractivity contribution in [2.75, 3.05) is 11.9 Å². The Hall–Kier alpha value is -1.43. The molecule has 0 radical (unpaired) electrons. The molecule has 19 heavy (non-hydrogen) atoms.